The summed E-state index contributed by atoms with van der Waals surface area (Å²) in [4.78, 5) is 11.7. The molecule has 0 atom stereocenters. The molecule has 0 saturated heterocycles. The van der Waals surface area contributed by atoms with Crippen molar-refractivity contribution in [2.45, 2.75) is 6.54 Å². The first-order valence-corrected chi connectivity index (χ1v) is 5.57. The Balaban J connectivity index is 2.01. The smallest absolute Gasteiger partial charge is 0.251 e. The summed E-state index contributed by atoms with van der Waals surface area (Å²) in [7, 11) is 0. The molecule has 3 nitrogen and oxygen atoms in total. The van der Waals surface area contributed by atoms with Gasteiger partial charge in [0.15, 0.2) is 11.6 Å². The molecule has 19 heavy (non-hydrogen) atoms. The van der Waals surface area contributed by atoms with E-state index in [-0.39, 0.29) is 17.9 Å². The van der Waals surface area contributed by atoms with E-state index in [1.165, 1.54) is 18.2 Å². The standard InChI is InChI=1S/C14H11F2NO2/c15-12-6-3-10(7-13(12)16)14(19)17-8-9-1-4-11(18)5-2-9/h1-7,18H,8H2,(H,17,19). The van der Waals surface area contributed by atoms with Gasteiger partial charge in [0.25, 0.3) is 5.91 Å². The average Bonchev–Trinajstić information content (AvgIpc) is 2.41. The van der Waals surface area contributed by atoms with Crippen LogP contribution in [0.2, 0.25) is 0 Å². The van der Waals surface area contributed by atoms with Crippen LogP contribution < -0.4 is 5.32 Å². The second kappa shape index (κ2) is 5.48. The molecule has 0 aliphatic heterocycles. The number of rotatable bonds is 3. The van der Waals surface area contributed by atoms with E-state index in [1.54, 1.807) is 12.1 Å². The first kappa shape index (κ1) is 13.0. The van der Waals surface area contributed by atoms with Gasteiger partial charge >= 0.3 is 0 Å². The van der Waals surface area contributed by atoms with Crippen molar-refractivity contribution in [1.82, 2.24) is 5.32 Å². The molecule has 0 aromatic heterocycles. The van der Waals surface area contributed by atoms with Crippen LogP contribution in [0, 0.1) is 11.6 Å². The van der Waals surface area contributed by atoms with Crippen molar-refractivity contribution in [2.24, 2.45) is 0 Å². The summed E-state index contributed by atoms with van der Waals surface area (Å²) in [5.41, 5.74) is 0.839. The molecule has 5 heteroatoms. The number of amides is 1. The van der Waals surface area contributed by atoms with Crippen LogP contribution in [0.15, 0.2) is 42.5 Å². The predicted octanol–water partition coefficient (Wildman–Crippen LogP) is 2.60. The Morgan fingerprint density at radius 2 is 1.74 bits per heavy atom. The Hall–Kier alpha value is -2.43. The zero-order valence-electron chi connectivity index (χ0n) is 9.86. The van der Waals surface area contributed by atoms with Crippen LogP contribution in [0.1, 0.15) is 15.9 Å². The third kappa shape index (κ3) is 3.28. The quantitative estimate of drug-likeness (QED) is 0.894. The van der Waals surface area contributed by atoms with Gasteiger partial charge in [0.05, 0.1) is 0 Å². The highest BCUT2D eigenvalue weighted by Gasteiger charge is 2.09. The number of halogens is 2. The van der Waals surface area contributed by atoms with Gasteiger partial charge in [-0.05, 0) is 35.9 Å². The highest BCUT2D eigenvalue weighted by Crippen LogP contribution is 2.11. The normalized spacial score (nSPS) is 10.2. The first-order chi connectivity index (χ1) is 9.06. The van der Waals surface area contributed by atoms with E-state index < -0.39 is 17.5 Å². The van der Waals surface area contributed by atoms with Gasteiger partial charge in [0, 0.05) is 12.1 Å². The van der Waals surface area contributed by atoms with Crippen LogP contribution >= 0.6 is 0 Å². The highest BCUT2D eigenvalue weighted by molar-refractivity contribution is 5.94. The summed E-state index contributed by atoms with van der Waals surface area (Å²) in [5, 5.41) is 11.7. The topological polar surface area (TPSA) is 49.3 Å². The molecule has 0 fully saturated rings. The lowest BCUT2D eigenvalue weighted by molar-refractivity contribution is 0.0950. The molecule has 0 radical (unpaired) electrons. The van der Waals surface area contributed by atoms with E-state index in [4.69, 9.17) is 5.11 Å². The predicted molar refractivity (Wildman–Crippen MR) is 65.6 cm³/mol. The van der Waals surface area contributed by atoms with Crippen LogP contribution in [-0.4, -0.2) is 11.0 Å². The van der Waals surface area contributed by atoms with Crippen LogP contribution in [0.3, 0.4) is 0 Å². The highest BCUT2D eigenvalue weighted by atomic mass is 19.2. The number of phenolic OH excluding ortho intramolecular Hbond substituents is 1. The zero-order chi connectivity index (χ0) is 13.8. The monoisotopic (exact) mass is 263 g/mol. The molecule has 98 valence electrons. The molecule has 0 heterocycles. The Labute approximate surface area is 108 Å². The van der Waals surface area contributed by atoms with Gasteiger partial charge < -0.3 is 10.4 Å². The van der Waals surface area contributed by atoms with Crippen molar-refractivity contribution in [3.05, 3.63) is 65.2 Å². The maximum atomic E-state index is 13.0. The molecule has 0 aliphatic carbocycles. The number of carbonyl (C=O) groups is 1. The summed E-state index contributed by atoms with van der Waals surface area (Å²) in [6.07, 6.45) is 0. The lowest BCUT2D eigenvalue weighted by Gasteiger charge is -2.06. The van der Waals surface area contributed by atoms with Gasteiger partial charge in [-0.15, -0.1) is 0 Å². The fourth-order valence-corrected chi connectivity index (χ4v) is 1.54. The van der Waals surface area contributed by atoms with E-state index in [0.29, 0.717) is 0 Å². The Morgan fingerprint density at radius 1 is 1.05 bits per heavy atom. The molecule has 0 saturated carbocycles. The van der Waals surface area contributed by atoms with Crippen molar-refractivity contribution in [3.8, 4) is 5.75 Å². The summed E-state index contributed by atoms with van der Waals surface area (Å²) < 4.78 is 25.7. The molecule has 2 aromatic carbocycles. The van der Waals surface area contributed by atoms with Crippen LogP contribution in [0.25, 0.3) is 0 Å². The summed E-state index contributed by atoms with van der Waals surface area (Å²) in [6, 6.07) is 9.27. The Morgan fingerprint density at radius 3 is 2.37 bits per heavy atom. The minimum atomic E-state index is -1.06. The second-order valence-electron chi connectivity index (χ2n) is 3.98. The largest absolute Gasteiger partial charge is 0.508 e. The van der Waals surface area contributed by atoms with Crippen molar-refractivity contribution in [3.63, 3.8) is 0 Å². The fourth-order valence-electron chi connectivity index (χ4n) is 1.54. The third-order valence-corrected chi connectivity index (χ3v) is 2.57. The van der Waals surface area contributed by atoms with E-state index in [2.05, 4.69) is 5.32 Å². The van der Waals surface area contributed by atoms with Crippen molar-refractivity contribution in [1.29, 1.82) is 0 Å². The van der Waals surface area contributed by atoms with E-state index in [1.807, 2.05) is 0 Å². The maximum absolute atomic E-state index is 13.0. The molecule has 1 amide bonds. The molecule has 0 bridgehead atoms. The molecule has 2 N–H and O–H groups in total. The molecule has 0 spiro atoms. The fraction of sp³-hybridized carbons (Fsp3) is 0.0714. The van der Waals surface area contributed by atoms with Gasteiger partial charge in [-0.25, -0.2) is 8.78 Å². The number of phenols is 1. The van der Waals surface area contributed by atoms with E-state index in [0.717, 1.165) is 17.7 Å². The number of aromatic hydroxyl groups is 1. The van der Waals surface area contributed by atoms with Crippen molar-refractivity contribution >= 4 is 5.91 Å². The van der Waals surface area contributed by atoms with Crippen molar-refractivity contribution < 1.29 is 18.7 Å². The number of hydrogen-bond acceptors (Lipinski definition) is 2. The Kier molecular flexibility index (Phi) is 3.75. The average molecular weight is 263 g/mol. The summed E-state index contributed by atoms with van der Waals surface area (Å²) in [6.45, 7) is 0.234. The van der Waals surface area contributed by atoms with Gasteiger partial charge in [0.2, 0.25) is 0 Å². The van der Waals surface area contributed by atoms with Crippen LogP contribution in [0.5, 0.6) is 5.75 Å². The van der Waals surface area contributed by atoms with E-state index >= 15 is 0 Å². The number of hydrogen-bond donors (Lipinski definition) is 2. The van der Waals surface area contributed by atoms with Gasteiger partial charge in [-0.3, -0.25) is 4.79 Å². The van der Waals surface area contributed by atoms with Crippen molar-refractivity contribution in [2.75, 3.05) is 0 Å². The molecular formula is C14H11F2NO2. The molecule has 0 unspecified atom stereocenters. The molecule has 2 aromatic rings. The summed E-state index contributed by atoms with van der Waals surface area (Å²) >= 11 is 0. The minimum absolute atomic E-state index is 0.0534. The molecule has 2 rings (SSSR count). The van der Waals surface area contributed by atoms with Crippen LogP contribution in [0.4, 0.5) is 8.78 Å². The zero-order valence-corrected chi connectivity index (χ0v) is 9.86. The molecule has 0 aliphatic rings. The van der Waals surface area contributed by atoms with Crippen LogP contribution in [-0.2, 0) is 6.54 Å². The Bertz CT molecular complexity index is 597. The minimum Gasteiger partial charge on any atom is -0.508 e. The van der Waals surface area contributed by atoms with Gasteiger partial charge in [-0.2, -0.15) is 0 Å². The summed E-state index contributed by atoms with van der Waals surface area (Å²) in [5.74, 6) is -2.41. The number of benzene rings is 2. The lowest BCUT2D eigenvalue weighted by atomic mass is 10.2. The third-order valence-electron chi connectivity index (χ3n) is 2.57. The number of nitrogens with one attached hydrogen (secondary N) is 1. The second-order valence-corrected chi connectivity index (χ2v) is 3.98. The van der Waals surface area contributed by atoms with Gasteiger partial charge in [-0.1, -0.05) is 12.1 Å². The van der Waals surface area contributed by atoms with E-state index in [9.17, 15) is 13.6 Å². The lowest BCUT2D eigenvalue weighted by Crippen LogP contribution is -2.22. The molecular weight excluding hydrogens is 252 g/mol. The van der Waals surface area contributed by atoms with Gasteiger partial charge in [0.1, 0.15) is 5.75 Å². The maximum Gasteiger partial charge on any atom is 0.251 e. The number of carbonyl (C=O) groups excluding carboxylic acids is 1. The SMILES string of the molecule is O=C(NCc1ccc(O)cc1)c1ccc(F)c(F)c1. The first-order valence-electron chi connectivity index (χ1n) is 5.57.